The maximum Gasteiger partial charge on any atom is 0.134 e. The minimum atomic E-state index is 0.798. The third kappa shape index (κ3) is 2.43. The maximum atomic E-state index is 5.89. The summed E-state index contributed by atoms with van der Waals surface area (Å²) < 4.78 is 6.33. The van der Waals surface area contributed by atoms with Crippen molar-refractivity contribution in [3.05, 3.63) is 57.4 Å². The van der Waals surface area contributed by atoms with Crippen LogP contribution >= 0.6 is 22.9 Å². The Labute approximate surface area is 114 Å². The van der Waals surface area contributed by atoms with Crippen LogP contribution in [0.3, 0.4) is 0 Å². The molecule has 1 aromatic carbocycles. The van der Waals surface area contributed by atoms with Gasteiger partial charge in [-0.3, -0.25) is 0 Å². The van der Waals surface area contributed by atoms with E-state index in [0.717, 1.165) is 23.0 Å². The Balaban J connectivity index is 1.66. The lowest BCUT2D eigenvalue weighted by Gasteiger charge is -2.01. The summed E-state index contributed by atoms with van der Waals surface area (Å²) in [4.78, 5) is 1.24. The Bertz CT molecular complexity index is 658. The highest BCUT2D eigenvalue weighted by molar-refractivity contribution is 7.16. The quantitative estimate of drug-likeness (QED) is 0.763. The minimum absolute atomic E-state index is 0.798. The molecule has 92 valence electrons. The molecule has 0 atom stereocenters. The van der Waals surface area contributed by atoms with Gasteiger partial charge >= 0.3 is 0 Å². The number of furan rings is 1. The highest BCUT2D eigenvalue weighted by atomic mass is 35.5. The van der Waals surface area contributed by atoms with E-state index >= 15 is 0 Å². The fourth-order valence-electron chi connectivity index (χ4n) is 1.94. The minimum Gasteiger partial charge on any atom is -0.464 e. The molecule has 3 rings (SSSR count). The van der Waals surface area contributed by atoms with Crippen molar-refractivity contribution in [2.75, 3.05) is 0 Å². The summed E-state index contributed by atoms with van der Waals surface area (Å²) in [6.07, 6.45) is 1.82. The molecule has 1 N–H and O–H groups in total. The van der Waals surface area contributed by atoms with Gasteiger partial charge < -0.3 is 9.73 Å². The van der Waals surface area contributed by atoms with Crippen LogP contribution in [-0.4, -0.2) is 0 Å². The zero-order valence-corrected chi connectivity index (χ0v) is 11.2. The van der Waals surface area contributed by atoms with Gasteiger partial charge in [-0.25, -0.2) is 0 Å². The van der Waals surface area contributed by atoms with Gasteiger partial charge in [-0.15, -0.1) is 11.3 Å². The van der Waals surface area contributed by atoms with Crippen molar-refractivity contribution in [2.24, 2.45) is 0 Å². The first-order valence-corrected chi connectivity index (χ1v) is 6.92. The highest BCUT2D eigenvalue weighted by Gasteiger charge is 2.04. The third-order valence-corrected chi connectivity index (χ3v) is 4.04. The molecule has 0 bridgehead atoms. The molecule has 0 radical (unpaired) electrons. The Hall–Kier alpha value is -1.29. The molecule has 18 heavy (non-hydrogen) atoms. The van der Waals surface area contributed by atoms with Crippen LogP contribution in [0, 0.1) is 0 Å². The van der Waals surface area contributed by atoms with Gasteiger partial charge in [0.25, 0.3) is 0 Å². The molecular weight excluding hydrogens is 266 g/mol. The maximum absolute atomic E-state index is 5.89. The van der Waals surface area contributed by atoms with Crippen LogP contribution in [0.1, 0.15) is 10.4 Å². The van der Waals surface area contributed by atoms with E-state index in [-0.39, 0.29) is 0 Å². The second-order valence-electron chi connectivity index (χ2n) is 4.07. The molecule has 0 spiro atoms. The largest absolute Gasteiger partial charge is 0.464 e. The van der Waals surface area contributed by atoms with E-state index in [0.29, 0.717) is 0 Å². The van der Waals surface area contributed by atoms with Crippen molar-refractivity contribution in [1.82, 2.24) is 5.32 Å². The lowest BCUT2D eigenvalue weighted by atomic mass is 10.2. The van der Waals surface area contributed by atoms with Crippen molar-refractivity contribution in [3.8, 4) is 0 Å². The van der Waals surface area contributed by atoms with Gasteiger partial charge in [0.15, 0.2) is 0 Å². The molecule has 0 unspecified atom stereocenters. The smallest absolute Gasteiger partial charge is 0.134 e. The Morgan fingerprint density at radius 1 is 1.11 bits per heavy atom. The van der Waals surface area contributed by atoms with Crippen molar-refractivity contribution < 1.29 is 4.42 Å². The molecule has 0 fully saturated rings. The van der Waals surface area contributed by atoms with Crippen LogP contribution in [0.25, 0.3) is 11.0 Å². The zero-order chi connectivity index (χ0) is 12.4. The van der Waals surface area contributed by atoms with Gasteiger partial charge in [0.05, 0.1) is 10.6 Å². The summed E-state index contributed by atoms with van der Waals surface area (Å²) in [7, 11) is 0. The SMILES string of the molecule is Clc1ccc(CNCc2coc3ccccc23)s1. The topological polar surface area (TPSA) is 25.2 Å². The number of thiophene rings is 1. The lowest BCUT2D eigenvalue weighted by molar-refractivity contribution is 0.602. The van der Waals surface area contributed by atoms with Gasteiger partial charge in [-0.2, -0.15) is 0 Å². The van der Waals surface area contributed by atoms with Gasteiger partial charge in [0.2, 0.25) is 0 Å². The van der Waals surface area contributed by atoms with Gasteiger partial charge in [-0.05, 0) is 18.2 Å². The number of nitrogens with one attached hydrogen (secondary N) is 1. The fraction of sp³-hybridized carbons (Fsp3) is 0.143. The van der Waals surface area contributed by atoms with Crippen LogP contribution in [0.15, 0.2) is 47.1 Å². The van der Waals surface area contributed by atoms with E-state index in [9.17, 15) is 0 Å². The lowest BCUT2D eigenvalue weighted by Crippen LogP contribution is -2.11. The average molecular weight is 278 g/mol. The van der Waals surface area contributed by atoms with Crippen molar-refractivity contribution in [2.45, 2.75) is 13.1 Å². The highest BCUT2D eigenvalue weighted by Crippen LogP contribution is 2.22. The molecular formula is C14H12ClNOS. The van der Waals surface area contributed by atoms with Gasteiger partial charge in [0.1, 0.15) is 5.58 Å². The summed E-state index contributed by atoms with van der Waals surface area (Å²) >= 11 is 7.50. The fourth-order valence-corrected chi connectivity index (χ4v) is 2.99. The van der Waals surface area contributed by atoms with Crippen LogP contribution in [0.4, 0.5) is 0 Å². The van der Waals surface area contributed by atoms with Crippen molar-refractivity contribution in [1.29, 1.82) is 0 Å². The molecule has 4 heteroatoms. The number of fused-ring (bicyclic) bond motifs is 1. The van der Waals surface area contributed by atoms with E-state index < -0.39 is 0 Å². The molecule has 0 aliphatic heterocycles. The summed E-state index contributed by atoms with van der Waals surface area (Å²) in [5.74, 6) is 0. The van der Waals surface area contributed by atoms with E-state index in [1.165, 1.54) is 15.8 Å². The Morgan fingerprint density at radius 3 is 2.83 bits per heavy atom. The van der Waals surface area contributed by atoms with E-state index in [2.05, 4.69) is 11.4 Å². The number of hydrogen-bond acceptors (Lipinski definition) is 3. The molecule has 0 amide bonds. The molecule has 2 nitrogen and oxygen atoms in total. The standard InChI is InChI=1S/C14H12ClNOS/c15-14-6-5-11(18-14)8-16-7-10-9-17-13-4-2-1-3-12(10)13/h1-6,9,16H,7-8H2. The third-order valence-electron chi connectivity index (χ3n) is 2.80. The van der Waals surface area contributed by atoms with Crippen LogP contribution in [-0.2, 0) is 13.1 Å². The predicted octanol–water partition coefficient (Wildman–Crippen LogP) is 4.44. The number of rotatable bonds is 4. The van der Waals surface area contributed by atoms with Crippen molar-refractivity contribution in [3.63, 3.8) is 0 Å². The predicted molar refractivity (Wildman–Crippen MR) is 76.1 cm³/mol. The second kappa shape index (κ2) is 5.14. The Kier molecular flexibility index (Phi) is 3.37. The normalized spacial score (nSPS) is 11.2. The number of hydrogen-bond donors (Lipinski definition) is 1. The van der Waals surface area contributed by atoms with E-state index in [1.54, 1.807) is 11.3 Å². The molecule has 0 saturated carbocycles. The molecule has 0 aliphatic carbocycles. The van der Waals surface area contributed by atoms with Gasteiger partial charge in [0, 0.05) is 28.9 Å². The van der Waals surface area contributed by atoms with Crippen molar-refractivity contribution >= 4 is 33.9 Å². The van der Waals surface area contributed by atoms with E-state index in [4.69, 9.17) is 16.0 Å². The molecule has 2 heterocycles. The van der Waals surface area contributed by atoms with Crippen LogP contribution < -0.4 is 5.32 Å². The monoisotopic (exact) mass is 277 g/mol. The molecule has 0 saturated heterocycles. The first-order chi connectivity index (χ1) is 8.83. The molecule has 0 aliphatic rings. The number of halogens is 1. The molecule has 2 aromatic heterocycles. The zero-order valence-electron chi connectivity index (χ0n) is 9.65. The van der Waals surface area contributed by atoms with Gasteiger partial charge in [-0.1, -0.05) is 29.8 Å². The first-order valence-electron chi connectivity index (χ1n) is 5.73. The number of para-hydroxylation sites is 1. The summed E-state index contributed by atoms with van der Waals surface area (Å²) in [5.41, 5.74) is 2.13. The summed E-state index contributed by atoms with van der Waals surface area (Å²) in [6, 6.07) is 12.1. The first kappa shape index (κ1) is 11.8. The summed E-state index contributed by atoms with van der Waals surface area (Å²) in [6.45, 7) is 1.63. The van der Waals surface area contributed by atoms with E-state index in [1.807, 2.05) is 36.6 Å². The van der Waals surface area contributed by atoms with Crippen LogP contribution in [0.5, 0.6) is 0 Å². The van der Waals surface area contributed by atoms with Crippen LogP contribution in [0.2, 0.25) is 4.34 Å². The Morgan fingerprint density at radius 2 is 2.00 bits per heavy atom. The molecule has 3 aromatic rings. The number of benzene rings is 1. The summed E-state index contributed by atoms with van der Waals surface area (Å²) in [5, 5.41) is 4.58. The average Bonchev–Trinajstić information content (AvgIpc) is 2.97. The second-order valence-corrected chi connectivity index (χ2v) is 5.87.